The molecule has 114 valence electrons. The molecule has 2 atom stereocenters. The lowest BCUT2D eigenvalue weighted by atomic mass is 10.1. The summed E-state index contributed by atoms with van der Waals surface area (Å²) in [4.78, 5) is 4.17. The predicted molar refractivity (Wildman–Crippen MR) is 86.1 cm³/mol. The van der Waals surface area contributed by atoms with E-state index in [1.165, 1.54) is 18.4 Å². The number of ether oxygens (including phenoxy) is 1. The second kappa shape index (κ2) is 8.63. The van der Waals surface area contributed by atoms with E-state index < -0.39 is 0 Å². The van der Waals surface area contributed by atoms with Crippen molar-refractivity contribution < 1.29 is 4.74 Å². The van der Waals surface area contributed by atoms with Gasteiger partial charge in [-0.05, 0) is 12.8 Å². The van der Waals surface area contributed by atoms with Gasteiger partial charge in [-0.15, -0.1) is 0 Å². The van der Waals surface area contributed by atoms with Gasteiger partial charge in [-0.1, -0.05) is 63.4 Å². The highest BCUT2D eigenvalue weighted by atomic mass is 16.5. The van der Waals surface area contributed by atoms with E-state index >= 15 is 0 Å². The van der Waals surface area contributed by atoms with E-state index in [1.54, 1.807) is 6.20 Å². The van der Waals surface area contributed by atoms with Gasteiger partial charge in [-0.3, -0.25) is 0 Å². The fourth-order valence-corrected chi connectivity index (χ4v) is 2.56. The minimum atomic E-state index is -0.0814. The number of nitrogens with zero attached hydrogens (tertiary/aromatic N) is 2. The third kappa shape index (κ3) is 4.71. The molecule has 3 nitrogen and oxygen atoms in total. The lowest BCUT2D eigenvalue weighted by Gasteiger charge is -2.26. The molecule has 2 rings (SSSR count). The highest BCUT2D eigenvalue weighted by Crippen LogP contribution is 2.24. The summed E-state index contributed by atoms with van der Waals surface area (Å²) in [6.45, 7) is 4.45. The van der Waals surface area contributed by atoms with E-state index in [0.717, 1.165) is 19.3 Å². The van der Waals surface area contributed by atoms with Crippen LogP contribution >= 0.6 is 0 Å². The summed E-state index contributed by atoms with van der Waals surface area (Å²) < 4.78 is 8.49. The first-order valence-electron chi connectivity index (χ1n) is 8.03. The van der Waals surface area contributed by atoms with E-state index in [-0.39, 0.29) is 6.23 Å². The maximum atomic E-state index is 6.45. The number of unbranched alkanes of at least 4 members (excludes halogenated alkanes) is 1. The summed E-state index contributed by atoms with van der Waals surface area (Å²) in [5, 5.41) is 0. The second-order valence-electron chi connectivity index (χ2n) is 5.46. The van der Waals surface area contributed by atoms with E-state index in [1.807, 2.05) is 23.2 Å². The molecule has 21 heavy (non-hydrogen) atoms. The van der Waals surface area contributed by atoms with Crippen LogP contribution in [0.2, 0.25) is 0 Å². The molecule has 0 aliphatic heterocycles. The van der Waals surface area contributed by atoms with Crippen LogP contribution in [0.25, 0.3) is 0 Å². The van der Waals surface area contributed by atoms with E-state index in [9.17, 15) is 0 Å². The molecule has 2 unspecified atom stereocenters. The fourth-order valence-electron chi connectivity index (χ4n) is 2.56. The first kappa shape index (κ1) is 15.8. The maximum absolute atomic E-state index is 6.45. The molecule has 0 radical (unpaired) electrons. The zero-order valence-corrected chi connectivity index (χ0v) is 13.1. The van der Waals surface area contributed by atoms with Crippen LogP contribution in [0.5, 0.6) is 0 Å². The Labute approximate surface area is 128 Å². The number of hydrogen-bond donors (Lipinski definition) is 0. The molecule has 0 amide bonds. The molecule has 0 spiro atoms. The van der Waals surface area contributed by atoms with Crippen LogP contribution in [-0.4, -0.2) is 15.7 Å². The zero-order chi connectivity index (χ0) is 14.9. The molecule has 2 aromatic rings. The third-order valence-electron chi connectivity index (χ3n) is 3.69. The summed E-state index contributed by atoms with van der Waals surface area (Å²) in [5.41, 5.74) is 1.17. The zero-order valence-electron chi connectivity index (χ0n) is 13.1. The molecule has 1 aromatic heterocycles. The summed E-state index contributed by atoms with van der Waals surface area (Å²) in [7, 11) is 0. The number of hydrogen-bond acceptors (Lipinski definition) is 2. The van der Waals surface area contributed by atoms with Gasteiger partial charge in [0.2, 0.25) is 0 Å². The van der Waals surface area contributed by atoms with Crippen molar-refractivity contribution in [3.8, 4) is 0 Å². The molecule has 0 aliphatic rings. The van der Waals surface area contributed by atoms with Gasteiger partial charge in [0.1, 0.15) is 0 Å². The normalized spacial score (nSPS) is 14.0. The Balaban J connectivity index is 2.15. The van der Waals surface area contributed by atoms with Gasteiger partial charge < -0.3 is 9.30 Å². The minimum absolute atomic E-state index is 0.0814. The number of imidazole rings is 1. The van der Waals surface area contributed by atoms with Crippen LogP contribution < -0.4 is 0 Å². The van der Waals surface area contributed by atoms with E-state index in [2.05, 4.69) is 43.1 Å². The van der Waals surface area contributed by atoms with Crippen molar-refractivity contribution in [2.45, 2.75) is 58.3 Å². The van der Waals surface area contributed by atoms with Crippen LogP contribution in [0.1, 0.15) is 57.7 Å². The topological polar surface area (TPSA) is 27.1 Å². The Morgan fingerprint density at radius 2 is 1.90 bits per heavy atom. The second-order valence-corrected chi connectivity index (χ2v) is 5.46. The molecule has 1 heterocycles. The Morgan fingerprint density at radius 3 is 2.52 bits per heavy atom. The van der Waals surface area contributed by atoms with Gasteiger partial charge >= 0.3 is 0 Å². The molecule has 0 fully saturated rings. The van der Waals surface area contributed by atoms with Gasteiger partial charge in [-0.25, -0.2) is 4.98 Å². The molecule has 0 aliphatic carbocycles. The molecular formula is C18H26N2O. The van der Waals surface area contributed by atoms with Crippen molar-refractivity contribution in [1.82, 2.24) is 9.55 Å². The highest BCUT2D eigenvalue weighted by molar-refractivity contribution is 5.18. The van der Waals surface area contributed by atoms with Crippen LogP contribution in [0.15, 0.2) is 49.1 Å². The lowest BCUT2D eigenvalue weighted by molar-refractivity contribution is -0.0385. The van der Waals surface area contributed by atoms with Crippen LogP contribution in [-0.2, 0) is 4.74 Å². The fraction of sp³-hybridized carbons (Fsp3) is 0.500. The quantitative estimate of drug-likeness (QED) is 0.661. The van der Waals surface area contributed by atoms with Gasteiger partial charge in [0.25, 0.3) is 0 Å². The van der Waals surface area contributed by atoms with Crippen LogP contribution in [0.3, 0.4) is 0 Å². The first-order chi connectivity index (χ1) is 10.3. The molecular weight excluding hydrogens is 260 g/mol. The van der Waals surface area contributed by atoms with Crippen molar-refractivity contribution >= 4 is 0 Å². The Kier molecular flexibility index (Phi) is 6.48. The molecule has 0 saturated carbocycles. The average Bonchev–Trinajstić information content (AvgIpc) is 3.05. The van der Waals surface area contributed by atoms with Gasteiger partial charge in [0.15, 0.2) is 6.23 Å². The maximum Gasteiger partial charge on any atom is 0.161 e. The van der Waals surface area contributed by atoms with Crippen molar-refractivity contribution in [3.63, 3.8) is 0 Å². The smallest absolute Gasteiger partial charge is 0.161 e. The van der Waals surface area contributed by atoms with Crippen LogP contribution in [0.4, 0.5) is 0 Å². The Hall–Kier alpha value is -1.61. The minimum Gasteiger partial charge on any atom is -0.350 e. The van der Waals surface area contributed by atoms with Gasteiger partial charge in [-0.2, -0.15) is 0 Å². The first-order valence-corrected chi connectivity index (χ1v) is 8.03. The van der Waals surface area contributed by atoms with Gasteiger partial charge in [0, 0.05) is 18.0 Å². The predicted octanol–water partition coefficient (Wildman–Crippen LogP) is 4.81. The average molecular weight is 286 g/mol. The van der Waals surface area contributed by atoms with Crippen molar-refractivity contribution in [3.05, 3.63) is 54.6 Å². The number of rotatable bonds is 9. The Bertz CT molecular complexity index is 481. The van der Waals surface area contributed by atoms with Gasteiger partial charge in [0.05, 0.1) is 12.4 Å². The molecule has 1 aromatic carbocycles. The van der Waals surface area contributed by atoms with Crippen molar-refractivity contribution in [2.75, 3.05) is 0 Å². The number of aromatic nitrogens is 2. The number of benzene rings is 1. The molecule has 3 heteroatoms. The molecule has 0 saturated heterocycles. The highest BCUT2D eigenvalue weighted by Gasteiger charge is 2.18. The third-order valence-corrected chi connectivity index (χ3v) is 3.69. The van der Waals surface area contributed by atoms with Crippen molar-refractivity contribution in [1.29, 1.82) is 0 Å². The summed E-state index contributed by atoms with van der Waals surface area (Å²) >= 11 is 0. The SMILES string of the molecule is CCCCC(CCC)OC(c1ccccc1)n1ccnc1. The van der Waals surface area contributed by atoms with E-state index in [0.29, 0.717) is 6.10 Å². The largest absolute Gasteiger partial charge is 0.350 e. The molecule has 0 bridgehead atoms. The monoisotopic (exact) mass is 286 g/mol. The van der Waals surface area contributed by atoms with Crippen LogP contribution in [0, 0.1) is 0 Å². The lowest BCUT2D eigenvalue weighted by Crippen LogP contribution is -2.21. The standard InChI is InChI=1S/C18H26N2O/c1-3-5-12-17(9-4-2)21-18(20-14-13-19-15-20)16-10-7-6-8-11-16/h6-8,10-11,13-15,17-18H,3-5,9,12H2,1-2H3. The summed E-state index contributed by atoms with van der Waals surface area (Å²) in [6, 6.07) is 10.4. The van der Waals surface area contributed by atoms with E-state index in [4.69, 9.17) is 4.74 Å². The Morgan fingerprint density at radius 1 is 1.10 bits per heavy atom. The summed E-state index contributed by atoms with van der Waals surface area (Å²) in [5.74, 6) is 0. The molecule has 0 N–H and O–H groups in total. The van der Waals surface area contributed by atoms with Crippen molar-refractivity contribution in [2.24, 2.45) is 0 Å². The summed E-state index contributed by atoms with van der Waals surface area (Å²) in [6.07, 6.45) is 11.7.